The predicted molar refractivity (Wildman–Crippen MR) is 93.6 cm³/mol. The SMILES string of the molecule is O=S(=O)(c1ccc2nc[nH]c2c1)N1CCn2nc(C(O)C3CC3)cc2C1. The van der Waals surface area contributed by atoms with Gasteiger partial charge in [0.25, 0.3) is 0 Å². The summed E-state index contributed by atoms with van der Waals surface area (Å²) in [5.41, 5.74) is 2.90. The van der Waals surface area contributed by atoms with Gasteiger partial charge in [0.15, 0.2) is 0 Å². The number of fused-ring (bicyclic) bond motifs is 2. The van der Waals surface area contributed by atoms with Gasteiger partial charge in [-0.15, -0.1) is 0 Å². The fourth-order valence-corrected chi connectivity index (χ4v) is 4.92. The first-order valence-electron chi connectivity index (χ1n) is 8.70. The van der Waals surface area contributed by atoms with Gasteiger partial charge in [-0.05, 0) is 43.0 Å². The minimum atomic E-state index is -3.61. The zero-order chi connectivity index (χ0) is 17.9. The summed E-state index contributed by atoms with van der Waals surface area (Å²) in [5.74, 6) is 0.299. The number of imidazole rings is 1. The first-order valence-corrected chi connectivity index (χ1v) is 10.1. The van der Waals surface area contributed by atoms with Gasteiger partial charge in [0.05, 0.1) is 46.7 Å². The van der Waals surface area contributed by atoms with Crippen LogP contribution in [-0.4, -0.2) is 44.1 Å². The third kappa shape index (κ3) is 2.54. The Balaban J connectivity index is 1.43. The van der Waals surface area contributed by atoms with Crippen LogP contribution >= 0.6 is 0 Å². The average Bonchev–Trinajstić information content (AvgIpc) is 3.23. The summed E-state index contributed by atoms with van der Waals surface area (Å²) in [7, 11) is -3.61. The Labute approximate surface area is 150 Å². The molecule has 0 bridgehead atoms. The Bertz CT molecular complexity index is 1080. The molecular formula is C17H19N5O3S. The first kappa shape index (κ1) is 16.0. The van der Waals surface area contributed by atoms with Crippen LogP contribution in [-0.2, 0) is 23.1 Å². The summed E-state index contributed by atoms with van der Waals surface area (Å²) in [6.07, 6.45) is 3.06. The maximum atomic E-state index is 13.0. The van der Waals surface area contributed by atoms with Crippen LogP contribution in [0.25, 0.3) is 11.0 Å². The van der Waals surface area contributed by atoms with Gasteiger partial charge in [-0.1, -0.05) is 0 Å². The molecule has 1 atom stereocenters. The van der Waals surface area contributed by atoms with Crippen LogP contribution in [0.1, 0.15) is 30.3 Å². The number of hydrogen-bond donors (Lipinski definition) is 2. The lowest BCUT2D eigenvalue weighted by atomic mass is 10.1. The van der Waals surface area contributed by atoms with Crippen molar-refractivity contribution >= 4 is 21.1 Å². The van der Waals surface area contributed by atoms with Crippen LogP contribution in [0.3, 0.4) is 0 Å². The van der Waals surface area contributed by atoms with Gasteiger partial charge in [0.2, 0.25) is 10.0 Å². The Morgan fingerprint density at radius 1 is 1.23 bits per heavy atom. The summed E-state index contributed by atoms with van der Waals surface area (Å²) in [6.45, 7) is 1.10. The summed E-state index contributed by atoms with van der Waals surface area (Å²) in [5, 5.41) is 14.7. The molecule has 3 aromatic rings. The molecule has 2 aliphatic rings. The number of benzene rings is 1. The van der Waals surface area contributed by atoms with E-state index in [1.165, 1.54) is 4.31 Å². The van der Waals surface area contributed by atoms with Gasteiger partial charge in [0.1, 0.15) is 6.10 Å². The number of nitrogens with one attached hydrogen (secondary N) is 1. The monoisotopic (exact) mass is 373 g/mol. The van der Waals surface area contributed by atoms with E-state index in [0.717, 1.165) is 24.1 Å². The molecule has 3 heterocycles. The second-order valence-corrected chi connectivity index (χ2v) is 8.92. The van der Waals surface area contributed by atoms with E-state index >= 15 is 0 Å². The minimum Gasteiger partial charge on any atom is -0.386 e. The lowest BCUT2D eigenvalue weighted by molar-refractivity contribution is 0.148. The van der Waals surface area contributed by atoms with Gasteiger partial charge in [0, 0.05) is 6.54 Å². The van der Waals surface area contributed by atoms with Gasteiger partial charge >= 0.3 is 0 Å². The second-order valence-electron chi connectivity index (χ2n) is 6.99. The normalized spacial score (nSPS) is 19.6. The lowest BCUT2D eigenvalue weighted by Crippen LogP contribution is -2.38. The van der Waals surface area contributed by atoms with E-state index in [4.69, 9.17) is 0 Å². The molecule has 1 fully saturated rings. The number of sulfonamides is 1. The molecule has 0 saturated heterocycles. The highest BCUT2D eigenvalue weighted by atomic mass is 32.2. The molecule has 0 radical (unpaired) electrons. The first-order chi connectivity index (χ1) is 12.5. The van der Waals surface area contributed by atoms with Gasteiger partial charge in [-0.2, -0.15) is 9.40 Å². The molecule has 136 valence electrons. The molecule has 5 rings (SSSR count). The van der Waals surface area contributed by atoms with E-state index in [2.05, 4.69) is 15.1 Å². The summed E-state index contributed by atoms with van der Waals surface area (Å²) in [4.78, 5) is 7.32. The number of hydrogen-bond acceptors (Lipinski definition) is 5. The number of rotatable bonds is 4. The third-order valence-corrected chi connectivity index (χ3v) is 7.02. The fraction of sp³-hybridized carbons (Fsp3) is 0.412. The van der Waals surface area contributed by atoms with E-state index in [1.807, 2.05) is 10.7 Å². The van der Waals surface area contributed by atoms with Crippen LogP contribution in [0.5, 0.6) is 0 Å². The molecule has 0 amide bonds. The summed E-state index contributed by atoms with van der Waals surface area (Å²) >= 11 is 0. The van der Waals surface area contributed by atoms with Crippen molar-refractivity contribution < 1.29 is 13.5 Å². The average molecular weight is 373 g/mol. The third-order valence-electron chi connectivity index (χ3n) is 5.18. The van der Waals surface area contributed by atoms with Crippen LogP contribution in [0.2, 0.25) is 0 Å². The number of nitrogens with zero attached hydrogens (tertiary/aromatic N) is 4. The highest BCUT2D eigenvalue weighted by molar-refractivity contribution is 7.89. The Morgan fingerprint density at radius 2 is 2.08 bits per heavy atom. The van der Waals surface area contributed by atoms with Crippen molar-refractivity contribution in [2.45, 2.75) is 36.9 Å². The molecule has 1 aliphatic carbocycles. The van der Waals surface area contributed by atoms with E-state index in [-0.39, 0.29) is 11.4 Å². The standard InChI is InChI=1S/C17H19N5O3S/c23-17(11-1-2-11)16-7-12-9-21(5-6-22(12)20-16)26(24,25)13-3-4-14-15(8-13)19-10-18-14/h3-4,7-8,10-11,17,23H,1-2,5-6,9H2,(H,18,19). The maximum Gasteiger partial charge on any atom is 0.243 e. The minimum absolute atomic E-state index is 0.250. The van der Waals surface area contributed by atoms with E-state index < -0.39 is 16.1 Å². The zero-order valence-corrected chi connectivity index (χ0v) is 14.9. The van der Waals surface area contributed by atoms with Gasteiger partial charge in [-0.25, -0.2) is 13.4 Å². The smallest absolute Gasteiger partial charge is 0.243 e. The number of H-pyrrole nitrogens is 1. The topological polar surface area (TPSA) is 104 Å². The number of aromatic nitrogens is 4. The number of aliphatic hydroxyl groups excluding tert-OH is 1. The molecule has 0 spiro atoms. The van der Waals surface area contributed by atoms with Crippen molar-refractivity contribution in [3.8, 4) is 0 Å². The van der Waals surface area contributed by atoms with Crippen molar-refractivity contribution in [2.24, 2.45) is 5.92 Å². The molecular weight excluding hydrogens is 354 g/mol. The number of aromatic amines is 1. The van der Waals surface area contributed by atoms with E-state index in [0.29, 0.717) is 30.2 Å². The molecule has 2 N–H and O–H groups in total. The Kier molecular flexibility index (Phi) is 3.46. The van der Waals surface area contributed by atoms with Crippen LogP contribution in [0, 0.1) is 5.92 Å². The molecule has 1 saturated carbocycles. The summed E-state index contributed by atoms with van der Waals surface area (Å²) < 4.78 is 29.3. The molecule has 9 heteroatoms. The number of aliphatic hydroxyl groups is 1. The van der Waals surface area contributed by atoms with Crippen molar-refractivity contribution in [2.75, 3.05) is 6.54 Å². The van der Waals surface area contributed by atoms with Crippen molar-refractivity contribution in [1.29, 1.82) is 0 Å². The highest BCUT2D eigenvalue weighted by Gasteiger charge is 2.35. The zero-order valence-electron chi connectivity index (χ0n) is 14.0. The van der Waals surface area contributed by atoms with Gasteiger partial charge in [-0.3, -0.25) is 4.68 Å². The Morgan fingerprint density at radius 3 is 2.88 bits per heavy atom. The Hall–Kier alpha value is -2.23. The van der Waals surface area contributed by atoms with Crippen LogP contribution in [0.15, 0.2) is 35.5 Å². The van der Waals surface area contributed by atoms with Crippen LogP contribution in [0.4, 0.5) is 0 Å². The highest BCUT2D eigenvalue weighted by Crippen LogP contribution is 2.40. The van der Waals surface area contributed by atoms with Crippen molar-refractivity contribution in [3.05, 3.63) is 42.0 Å². The van der Waals surface area contributed by atoms with E-state index in [9.17, 15) is 13.5 Å². The summed E-state index contributed by atoms with van der Waals surface area (Å²) in [6, 6.07) is 6.75. The maximum absolute atomic E-state index is 13.0. The molecule has 2 aromatic heterocycles. The second kappa shape index (κ2) is 5.63. The van der Waals surface area contributed by atoms with Gasteiger partial charge < -0.3 is 10.1 Å². The van der Waals surface area contributed by atoms with E-state index in [1.54, 1.807) is 24.5 Å². The molecule has 26 heavy (non-hydrogen) atoms. The van der Waals surface area contributed by atoms with Crippen molar-refractivity contribution in [1.82, 2.24) is 24.1 Å². The van der Waals surface area contributed by atoms with Crippen molar-refractivity contribution in [3.63, 3.8) is 0 Å². The van der Waals surface area contributed by atoms with Crippen LogP contribution < -0.4 is 0 Å². The fourth-order valence-electron chi connectivity index (χ4n) is 3.49. The molecule has 1 unspecified atom stereocenters. The molecule has 1 aliphatic heterocycles. The molecule has 8 nitrogen and oxygen atoms in total. The molecule has 1 aromatic carbocycles. The quantitative estimate of drug-likeness (QED) is 0.719. The largest absolute Gasteiger partial charge is 0.386 e. The predicted octanol–water partition coefficient (Wildman–Crippen LogP) is 1.41. The lowest BCUT2D eigenvalue weighted by Gasteiger charge is -2.26.